The van der Waals surface area contributed by atoms with Crippen LogP contribution in [0.2, 0.25) is 0 Å². The number of aryl methyl sites for hydroxylation is 1. The lowest BCUT2D eigenvalue weighted by atomic mass is 9.85. The van der Waals surface area contributed by atoms with Gasteiger partial charge in [0.1, 0.15) is 0 Å². The predicted octanol–water partition coefficient (Wildman–Crippen LogP) is 4.66. The average molecular weight is 430 g/mol. The molecule has 2 atom stereocenters. The van der Waals surface area contributed by atoms with Gasteiger partial charge in [-0.15, -0.1) is 11.8 Å². The first kappa shape index (κ1) is 20.5. The van der Waals surface area contributed by atoms with Crippen LogP contribution < -0.4 is 0 Å². The zero-order valence-electron chi connectivity index (χ0n) is 15.9. The lowest BCUT2D eigenvalue weighted by Gasteiger charge is -2.38. The topological polar surface area (TPSA) is 64.3 Å². The number of amides is 1. The van der Waals surface area contributed by atoms with Gasteiger partial charge in [-0.3, -0.25) is 9.69 Å². The molecular formula is C22H17F3N2O2S. The summed E-state index contributed by atoms with van der Waals surface area (Å²) in [6.07, 6.45) is -4.56. The summed E-state index contributed by atoms with van der Waals surface area (Å²) in [5.41, 5.74) is -0.0557. The maximum atomic E-state index is 13.0. The first-order valence-electron chi connectivity index (χ1n) is 9.22. The van der Waals surface area contributed by atoms with Gasteiger partial charge in [-0.25, -0.2) is 0 Å². The van der Waals surface area contributed by atoms with Crippen molar-refractivity contribution < 1.29 is 23.1 Å². The molecule has 1 amide bonds. The highest BCUT2D eigenvalue weighted by atomic mass is 32.2. The first-order chi connectivity index (χ1) is 14.1. The van der Waals surface area contributed by atoms with Crippen molar-refractivity contribution in [1.82, 2.24) is 4.90 Å². The summed E-state index contributed by atoms with van der Waals surface area (Å²) >= 11 is 1.21. The van der Waals surface area contributed by atoms with Crippen LogP contribution in [0.1, 0.15) is 34.6 Å². The van der Waals surface area contributed by atoms with Crippen LogP contribution in [0.25, 0.3) is 0 Å². The van der Waals surface area contributed by atoms with Gasteiger partial charge in [0.25, 0.3) is 0 Å². The van der Waals surface area contributed by atoms with Crippen molar-refractivity contribution in [2.24, 2.45) is 0 Å². The summed E-state index contributed by atoms with van der Waals surface area (Å²) in [5, 5.41) is 21.5. The Kier molecular flexibility index (Phi) is 4.91. The lowest BCUT2D eigenvalue weighted by Crippen LogP contribution is -2.48. The van der Waals surface area contributed by atoms with E-state index in [0.717, 1.165) is 17.7 Å². The molecule has 0 radical (unpaired) electrons. The Morgan fingerprint density at radius 2 is 1.80 bits per heavy atom. The molecule has 30 heavy (non-hydrogen) atoms. The molecule has 0 aromatic heterocycles. The summed E-state index contributed by atoms with van der Waals surface area (Å²) in [6.45, 7) is 1.91. The van der Waals surface area contributed by atoms with Gasteiger partial charge in [0.05, 0.1) is 28.0 Å². The van der Waals surface area contributed by atoms with E-state index in [9.17, 15) is 28.3 Å². The van der Waals surface area contributed by atoms with Crippen molar-refractivity contribution >= 4 is 17.7 Å². The Labute approximate surface area is 175 Å². The number of hydrogen-bond donors (Lipinski definition) is 1. The van der Waals surface area contributed by atoms with E-state index in [2.05, 4.69) is 6.07 Å². The SMILES string of the molecule is Cc1ccc([C@]2(O)CSC3=C(C#N)[C@@H](c4ccc(C(F)(F)F)cc4)CC(=O)N32)cc1. The van der Waals surface area contributed by atoms with Crippen LogP contribution in [-0.2, 0) is 16.7 Å². The van der Waals surface area contributed by atoms with E-state index in [1.807, 2.05) is 19.1 Å². The third kappa shape index (κ3) is 3.28. The monoisotopic (exact) mass is 430 g/mol. The van der Waals surface area contributed by atoms with Crippen molar-refractivity contribution in [3.63, 3.8) is 0 Å². The summed E-state index contributed by atoms with van der Waals surface area (Å²) in [4.78, 5) is 14.3. The third-order valence-electron chi connectivity index (χ3n) is 5.46. The number of carbonyl (C=O) groups excluding carboxylic acids is 1. The van der Waals surface area contributed by atoms with Gasteiger partial charge in [0.2, 0.25) is 5.91 Å². The maximum Gasteiger partial charge on any atom is 0.416 e. The number of hydrogen-bond acceptors (Lipinski definition) is 4. The Morgan fingerprint density at radius 1 is 1.17 bits per heavy atom. The molecule has 1 fully saturated rings. The standard InChI is InChI=1S/C22H17F3N2O2S/c1-13-2-6-15(7-3-13)21(29)12-30-20-18(11-26)17(10-19(28)27(20)21)14-4-8-16(9-5-14)22(23,24)25/h2-9,17,29H,10,12H2,1H3/t17-,21-/m1/s1. The van der Waals surface area contributed by atoms with Gasteiger partial charge in [0, 0.05) is 17.9 Å². The molecule has 0 aliphatic carbocycles. The minimum atomic E-state index is -4.46. The Balaban J connectivity index is 1.74. The largest absolute Gasteiger partial charge is 0.416 e. The normalized spacial score (nSPS) is 24.1. The second-order valence-electron chi connectivity index (χ2n) is 7.41. The van der Waals surface area contributed by atoms with E-state index < -0.39 is 23.4 Å². The van der Waals surface area contributed by atoms with Crippen molar-refractivity contribution in [1.29, 1.82) is 5.26 Å². The highest BCUT2D eigenvalue weighted by Crippen LogP contribution is 2.51. The fraction of sp³-hybridized carbons (Fsp3) is 0.273. The van der Waals surface area contributed by atoms with Crippen LogP contribution in [0.3, 0.4) is 0 Å². The van der Waals surface area contributed by atoms with Gasteiger partial charge in [0.15, 0.2) is 5.72 Å². The summed E-state index contributed by atoms with van der Waals surface area (Å²) < 4.78 is 38.6. The van der Waals surface area contributed by atoms with Crippen LogP contribution in [-0.4, -0.2) is 21.7 Å². The molecule has 4 nitrogen and oxygen atoms in total. The molecule has 2 aliphatic rings. The number of rotatable bonds is 2. The average Bonchev–Trinajstić information content (AvgIpc) is 3.07. The number of benzene rings is 2. The minimum absolute atomic E-state index is 0.105. The Hall–Kier alpha value is -2.76. The fourth-order valence-electron chi connectivity index (χ4n) is 3.85. The second kappa shape index (κ2) is 7.18. The molecular weight excluding hydrogens is 413 g/mol. The zero-order chi connectivity index (χ0) is 21.7. The van der Waals surface area contributed by atoms with Gasteiger partial charge in [-0.1, -0.05) is 42.0 Å². The van der Waals surface area contributed by atoms with E-state index in [1.54, 1.807) is 12.1 Å². The van der Waals surface area contributed by atoms with E-state index in [0.29, 0.717) is 16.2 Å². The molecule has 1 saturated heterocycles. The van der Waals surface area contributed by atoms with Crippen molar-refractivity contribution in [3.8, 4) is 6.07 Å². The highest BCUT2D eigenvalue weighted by Gasteiger charge is 2.51. The van der Waals surface area contributed by atoms with Gasteiger partial charge < -0.3 is 5.11 Å². The third-order valence-corrected chi connectivity index (χ3v) is 6.69. The number of carbonyl (C=O) groups is 1. The summed E-state index contributed by atoms with van der Waals surface area (Å²) in [6, 6.07) is 13.8. The molecule has 8 heteroatoms. The van der Waals surface area contributed by atoms with Crippen molar-refractivity contribution in [2.45, 2.75) is 31.2 Å². The number of nitriles is 1. The smallest absolute Gasteiger partial charge is 0.366 e. The molecule has 154 valence electrons. The molecule has 0 unspecified atom stereocenters. The van der Waals surface area contributed by atoms with Crippen LogP contribution in [0, 0.1) is 18.3 Å². The predicted molar refractivity (Wildman–Crippen MR) is 106 cm³/mol. The lowest BCUT2D eigenvalue weighted by molar-refractivity contribution is -0.149. The Morgan fingerprint density at radius 3 is 2.37 bits per heavy atom. The van der Waals surface area contributed by atoms with Crippen LogP contribution in [0.5, 0.6) is 0 Å². The van der Waals surface area contributed by atoms with Gasteiger partial charge in [-0.05, 0) is 24.6 Å². The van der Waals surface area contributed by atoms with E-state index in [1.165, 1.54) is 28.8 Å². The number of halogens is 3. The van der Waals surface area contributed by atoms with Gasteiger partial charge >= 0.3 is 6.18 Å². The number of fused-ring (bicyclic) bond motifs is 1. The first-order valence-corrected chi connectivity index (χ1v) is 10.2. The molecule has 0 spiro atoms. The number of alkyl halides is 3. The zero-order valence-corrected chi connectivity index (χ0v) is 16.7. The quantitative estimate of drug-likeness (QED) is 0.753. The molecule has 1 N–H and O–H groups in total. The van der Waals surface area contributed by atoms with E-state index in [-0.39, 0.29) is 23.7 Å². The molecule has 2 aromatic rings. The highest BCUT2D eigenvalue weighted by molar-refractivity contribution is 8.03. The molecule has 2 aliphatic heterocycles. The van der Waals surface area contributed by atoms with Gasteiger partial charge in [-0.2, -0.15) is 18.4 Å². The van der Waals surface area contributed by atoms with E-state index in [4.69, 9.17) is 0 Å². The minimum Gasteiger partial charge on any atom is -0.366 e. The van der Waals surface area contributed by atoms with Crippen molar-refractivity contribution in [3.05, 3.63) is 81.4 Å². The summed E-state index contributed by atoms with van der Waals surface area (Å²) in [7, 11) is 0. The number of thioether (sulfide) groups is 1. The van der Waals surface area contributed by atoms with Crippen molar-refractivity contribution in [2.75, 3.05) is 5.75 Å². The number of allylic oxidation sites excluding steroid dienone is 1. The van der Waals surface area contributed by atoms with Crippen LogP contribution >= 0.6 is 11.8 Å². The molecule has 0 saturated carbocycles. The van der Waals surface area contributed by atoms with E-state index >= 15 is 0 Å². The molecule has 2 heterocycles. The fourth-order valence-corrected chi connectivity index (χ4v) is 5.21. The second-order valence-corrected chi connectivity index (χ2v) is 8.37. The maximum absolute atomic E-state index is 13.0. The number of nitrogens with zero attached hydrogens (tertiary/aromatic N) is 2. The summed E-state index contributed by atoms with van der Waals surface area (Å²) in [5.74, 6) is -0.854. The molecule has 2 aromatic carbocycles. The van der Waals surface area contributed by atoms with Crippen LogP contribution in [0.4, 0.5) is 13.2 Å². The molecule has 4 rings (SSSR count). The number of aliphatic hydroxyl groups is 1. The molecule has 0 bridgehead atoms. The Bertz CT molecular complexity index is 1070. The van der Waals surface area contributed by atoms with Crippen LogP contribution in [0.15, 0.2) is 59.1 Å².